The Morgan fingerprint density at radius 3 is 2.47 bits per heavy atom. The van der Waals surface area contributed by atoms with Crippen molar-refractivity contribution in [2.75, 3.05) is 13.7 Å². The number of esters is 1. The summed E-state index contributed by atoms with van der Waals surface area (Å²) in [5.41, 5.74) is -0.898. The topological polar surface area (TPSA) is 35.5 Å². The normalized spacial score (nSPS) is 11.1. The molecule has 0 saturated carbocycles. The van der Waals surface area contributed by atoms with E-state index in [1.807, 2.05) is 0 Å². The van der Waals surface area contributed by atoms with E-state index in [9.17, 15) is 18.0 Å². The Hall–Kier alpha value is -1.72. The maximum Gasteiger partial charge on any atom is 0.416 e. The van der Waals surface area contributed by atoms with Crippen molar-refractivity contribution in [3.63, 3.8) is 0 Å². The average Bonchev–Trinajstić information content (AvgIpc) is 2.27. The molecule has 0 fully saturated rings. The van der Waals surface area contributed by atoms with Gasteiger partial charge in [-0.3, -0.25) is 0 Å². The Kier molecular flexibility index (Phi) is 3.98. The molecule has 0 saturated heterocycles. The highest BCUT2D eigenvalue weighted by Gasteiger charge is 2.31. The summed E-state index contributed by atoms with van der Waals surface area (Å²) in [6.45, 7) is 1.75. The van der Waals surface area contributed by atoms with Gasteiger partial charge in [-0.25, -0.2) is 4.79 Å². The molecular weight excluding hydrogens is 237 g/mol. The van der Waals surface area contributed by atoms with Gasteiger partial charge in [0.05, 0.1) is 19.3 Å². The zero-order chi connectivity index (χ0) is 13.1. The number of hydrogen-bond donors (Lipinski definition) is 0. The number of alkyl halides is 3. The molecule has 1 aromatic carbocycles. The Bertz CT molecular complexity index is 413. The monoisotopic (exact) mass is 248 g/mol. The van der Waals surface area contributed by atoms with Crippen LogP contribution in [0.3, 0.4) is 0 Å². The molecule has 94 valence electrons. The molecule has 0 heterocycles. The van der Waals surface area contributed by atoms with Crippen LogP contribution in [0.5, 0.6) is 5.75 Å². The van der Waals surface area contributed by atoms with Gasteiger partial charge in [0.1, 0.15) is 11.3 Å². The number of benzene rings is 1. The zero-order valence-corrected chi connectivity index (χ0v) is 9.30. The van der Waals surface area contributed by atoms with E-state index in [-0.39, 0.29) is 17.9 Å². The van der Waals surface area contributed by atoms with Crippen molar-refractivity contribution in [1.82, 2.24) is 0 Å². The lowest BCUT2D eigenvalue weighted by Crippen LogP contribution is -2.10. The fraction of sp³-hybridized carbons (Fsp3) is 0.364. The van der Waals surface area contributed by atoms with Crippen LogP contribution in [-0.2, 0) is 10.9 Å². The number of carbonyl (C=O) groups is 1. The van der Waals surface area contributed by atoms with Gasteiger partial charge in [-0.05, 0) is 25.1 Å². The molecule has 0 aliphatic rings. The number of ether oxygens (including phenoxy) is 2. The third-order valence-corrected chi connectivity index (χ3v) is 2.02. The van der Waals surface area contributed by atoms with E-state index in [0.29, 0.717) is 0 Å². The van der Waals surface area contributed by atoms with E-state index < -0.39 is 17.7 Å². The van der Waals surface area contributed by atoms with Crippen LogP contribution in [0.25, 0.3) is 0 Å². The highest BCUT2D eigenvalue weighted by Crippen LogP contribution is 2.33. The Morgan fingerprint density at radius 2 is 2.00 bits per heavy atom. The summed E-state index contributed by atoms with van der Waals surface area (Å²) in [5.74, 6) is -0.864. The van der Waals surface area contributed by atoms with E-state index in [2.05, 4.69) is 0 Å². The first-order valence-electron chi connectivity index (χ1n) is 4.82. The Labute approximate surface area is 96.1 Å². The van der Waals surface area contributed by atoms with Gasteiger partial charge in [-0.2, -0.15) is 13.2 Å². The molecule has 0 atom stereocenters. The molecule has 0 spiro atoms. The first kappa shape index (κ1) is 13.3. The van der Waals surface area contributed by atoms with Crippen molar-refractivity contribution >= 4 is 5.97 Å². The summed E-state index contributed by atoms with van der Waals surface area (Å²) < 4.78 is 46.7. The number of rotatable bonds is 3. The van der Waals surface area contributed by atoms with E-state index in [1.165, 1.54) is 7.11 Å². The molecule has 17 heavy (non-hydrogen) atoms. The molecule has 0 unspecified atom stereocenters. The quantitative estimate of drug-likeness (QED) is 0.771. The van der Waals surface area contributed by atoms with Crippen LogP contribution in [0.4, 0.5) is 13.2 Å². The second-order valence-electron chi connectivity index (χ2n) is 3.13. The van der Waals surface area contributed by atoms with Crippen molar-refractivity contribution in [3.05, 3.63) is 29.3 Å². The second-order valence-corrected chi connectivity index (χ2v) is 3.13. The molecule has 1 aromatic rings. The lowest BCUT2D eigenvalue weighted by atomic mass is 10.1. The number of carbonyl (C=O) groups excluding carboxylic acids is 1. The number of halogens is 3. The van der Waals surface area contributed by atoms with Crippen LogP contribution in [-0.4, -0.2) is 19.7 Å². The maximum atomic E-state index is 12.4. The highest BCUT2D eigenvalue weighted by atomic mass is 19.4. The number of hydrogen-bond acceptors (Lipinski definition) is 3. The van der Waals surface area contributed by atoms with Gasteiger partial charge in [0.25, 0.3) is 0 Å². The third-order valence-electron chi connectivity index (χ3n) is 2.02. The van der Waals surface area contributed by atoms with Crippen LogP contribution in [0.2, 0.25) is 0 Å². The second kappa shape index (κ2) is 5.07. The lowest BCUT2D eigenvalue weighted by Gasteiger charge is -2.11. The Balaban J connectivity index is 3.14. The van der Waals surface area contributed by atoms with E-state index in [4.69, 9.17) is 9.47 Å². The van der Waals surface area contributed by atoms with Crippen LogP contribution in [0.15, 0.2) is 18.2 Å². The fourth-order valence-corrected chi connectivity index (χ4v) is 1.25. The predicted molar refractivity (Wildman–Crippen MR) is 54.0 cm³/mol. The molecule has 0 bridgehead atoms. The molecule has 0 aromatic heterocycles. The molecule has 0 amide bonds. The minimum atomic E-state index is -4.47. The maximum absolute atomic E-state index is 12.4. The first-order chi connectivity index (χ1) is 7.90. The average molecular weight is 248 g/mol. The molecular formula is C11H11F3O3. The summed E-state index contributed by atoms with van der Waals surface area (Å²) in [5, 5.41) is 0. The standard InChI is InChI=1S/C11H11F3O3/c1-3-17-10(15)8-5-4-7(11(12,13)14)6-9(8)16-2/h4-6H,3H2,1-2H3. The molecule has 3 nitrogen and oxygen atoms in total. The van der Waals surface area contributed by atoms with Crippen molar-refractivity contribution < 1.29 is 27.4 Å². The van der Waals surface area contributed by atoms with E-state index in [1.54, 1.807) is 6.92 Å². The van der Waals surface area contributed by atoms with Gasteiger partial charge in [-0.1, -0.05) is 0 Å². The van der Waals surface area contributed by atoms with Crippen molar-refractivity contribution in [3.8, 4) is 5.75 Å². The molecule has 0 radical (unpaired) electrons. The highest BCUT2D eigenvalue weighted by molar-refractivity contribution is 5.92. The summed E-state index contributed by atoms with van der Waals surface area (Å²) in [7, 11) is 1.19. The summed E-state index contributed by atoms with van der Waals surface area (Å²) >= 11 is 0. The van der Waals surface area contributed by atoms with Gasteiger partial charge in [0, 0.05) is 0 Å². The summed E-state index contributed by atoms with van der Waals surface area (Å²) in [6, 6.07) is 2.63. The largest absolute Gasteiger partial charge is 0.496 e. The van der Waals surface area contributed by atoms with Crippen molar-refractivity contribution in [2.45, 2.75) is 13.1 Å². The van der Waals surface area contributed by atoms with Crippen LogP contribution in [0.1, 0.15) is 22.8 Å². The smallest absolute Gasteiger partial charge is 0.416 e. The molecule has 0 aliphatic carbocycles. The van der Waals surface area contributed by atoms with Gasteiger partial charge >= 0.3 is 12.1 Å². The van der Waals surface area contributed by atoms with Gasteiger partial charge in [-0.15, -0.1) is 0 Å². The van der Waals surface area contributed by atoms with Gasteiger partial charge < -0.3 is 9.47 Å². The van der Waals surface area contributed by atoms with Crippen LogP contribution in [0, 0.1) is 0 Å². The molecule has 6 heteroatoms. The lowest BCUT2D eigenvalue weighted by molar-refractivity contribution is -0.137. The summed E-state index contributed by atoms with van der Waals surface area (Å²) in [4.78, 5) is 11.4. The van der Waals surface area contributed by atoms with Gasteiger partial charge in [0.15, 0.2) is 0 Å². The van der Waals surface area contributed by atoms with Gasteiger partial charge in [0.2, 0.25) is 0 Å². The first-order valence-corrected chi connectivity index (χ1v) is 4.82. The Morgan fingerprint density at radius 1 is 1.35 bits per heavy atom. The molecule has 1 rings (SSSR count). The van der Waals surface area contributed by atoms with Crippen molar-refractivity contribution in [2.24, 2.45) is 0 Å². The predicted octanol–water partition coefficient (Wildman–Crippen LogP) is 2.89. The minimum Gasteiger partial charge on any atom is -0.496 e. The minimum absolute atomic E-state index is 0.0256. The summed E-state index contributed by atoms with van der Waals surface area (Å²) in [6.07, 6.45) is -4.47. The number of methoxy groups -OCH3 is 1. The molecule has 0 N–H and O–H groups in total. The van der Waals surface area contributed by atoms with Crippen LogP contribution >= 0.6 is 0 Å². The van der Waals surface area contributed by atoms with Crippen LogP contribution < -0.4 is 4.74 Å². The van der Waals surface area contributed by atoms with Crippen molar-refractivity contribution in [1.29, 1.82) is 0 Å². The molecule has 0 aliphatic heterocycles. The fourth-order valence-electron chi connectivity index (χ4n) is 1.25. The van der Waals surface area contributed by atoms with E-state index >= 15 is 0 Å². The zero-order valence-electron chi connectivity index (χ0n) is 9.30. The van der Waals surface area contributed by atoms with E-state index in [0.717, 1.165) is 18.2 Å². The SMILES string of the molecule is CCOC(=O)c1ccc(C(F)(F)F)cc1OC. The third kappa shape index (κ3) is 3.12.